The fraction of sp³-hybridized carbons (Fsp3) is 0.333. The second kappa shape index (κ2) is 8.03. The van der Waals surface area contributed by atoms with Crippen LogP contribution >= 0.6 is 0 Å². The van der Waals surface area contributed by atoms with Crippen LogP contribution in [0.4, 0.5) is 0 Å². The summed E-state index contributed by atoms with van der Waals surface area (Å²) >= 11 is 0. The van der Waals surface area contributed by atoms with Crippen LogP contribution < -0.4 is 18.9 Å². The lowest BCUT2D eigenvalue weighted by atomic mass is 9.96. The summed E-state index contributed by atoms with van der Waals surface area (Å²) in [5.74, 6) is -0.125. The van der Waals surface area contributed by atoms with E-state index in [1.165, 1.54) is 52.7 Å². The molecule has 0 radical (unpaired) electrons. The Kier molecular flexibility index (Phi) is 6.01. The predicted octanol–water partition coefficient (Wildman–Crippen LogP) is 1.90. The lowest BCUT2D eigenvalue weighted by Crippen LogP contribution is -2.11. The van der Waals surface area contributed by atoms with Crippen LogP contribution in [0.25, 0.3) is 0 Å². The van der Waals surface area contributed by atoms with Crippen LogP contribution in [0.2, 0.25) is 0 Å². The van der Waals surface area contributed by atoms with Crippen LogP contribution in [0, 0.1) is 0 Å². The number of methoxy groups -OCH3 is 4. The third kappa shape index (κ3) is 3.42. The zero-order valence-corrected chi connectivity index (χ0v) is 14.9. The van der Waals surface area contributed by atoms with E-state index in [0.29, 0.717) is 17.2 Å². The van der Waals surface area contributed by atoms with Crippen molar-refractivity contribution < 1.29 is 39.4 Å². The molecule has 2 aromatic carbocycles. The second-order valence-corrected chi connectivity index (χ2v) is 5.40. The number of hydrogen-bond acceptors (Lipinski definition) is 8. The highest BCUT2D eigenvalue weighted by Gasteiger charge is 2.27. The number of rotatable bonds is 7. The fourth-order valence-corrected chi connectivity index (χ4v) is 2.60. The van der Waals surface area contributed by atoms with E-state index < -0.39 is 23.7 Å². The third-order valence-corrected chi connectivity index (χ3v) is 4.01. The minimum atomic E-state index is -1.53. The van der Waals surface area contributed by atoms with E-state index in [1.54, 1.807) is 0 Å². The highest BCUT2D eigenvalue weighted by atomic mass is 16.5. The summed E-state index contributed by atoms with van der Waals surface area (Å²) in [5.41, 5.74) is 0.200. The molecule has 0 amide bonds. The Morgan fingerprint density at radius 1 is 0.692 bits per heavy atom. The Balaban J connectivity index is 2.45. The molecule has 26 heavy (non-hydrogen) atoms. The molecule has 0 aliphatic carbocycles. The van der Waals surface area contributed by atoms with Gasteiger partial charge in [-0.15, -0.1) is 0 Å². The van der Waals surface area contributed by atoms with Crippen LogP contribution in [0.3, 0.4) is 0 Å². The first-order chi connectivity index (χ1) is 12.4. The first kappa shape index (κ1) is 19.5. The molecule has 0 aromatic heterocycles. The van der Waals surface area contributed by atoms with Gasteiger partial charge in [0.1, 0.15) is 12.2 Å². The van der Waals surface area contributed by atoms with Gasteiger partial charge in [0.2, 0.25) is 11.5 Å². The van der Waals surface area contributed by atoms with E-state index in [2.05, 4.69) is 0 Å². The molecular weight excluding hydrogens is 344 g/mol. The molecule has 2 aromatic rings. The van der Waals surface area contributed by atoms with E-state index in [9.17, 15) is 20.4 Å². The predicted molar refractivity (Wildman–Crippen MR) is 92.3 cm³/mol. The molecule has 0 fully saturated rings. The zero-order chi connectivity index (χ0) is 19.4. The number of phenols is 2. The van der Waals surface area contributed by atoms with Crippen molar-refractivity contribution in [3.8, 4) is 34.5 Å². The van der Waals surface area contributed by atoms with Gasteiger partial charge >= 0.3 is 0 Å². The van der Waals surface area contributed by atoms with Gasteiger partial charge in [-0.1, -0.05) is 0 Å². The maximum Gasteiger partial charge on any atom is 0.203 e. The van der Waals surface area contributed by atoms with Gasteiger partial charge in [0.25, 0.3) is 0 Å². The van der Waals surface area contributed by atoms with Crippen molar-refractivity contribution >= 4 is 0 Å². The topological polar surface area (TPSA) is 118 Å². The quantitative estimate of drug-likeness (QED) is 0.549. The summed E-state index contributed by atoms with van der Waals surface area (Å²) in [6.07, 6.45) is -2.97. The van der Waals surface area contributed by atoms with Gasteiger partial charge in [-0.2, -0.15) is 0 Å². The largest absolute Gasteiger partial charge is 0.504 e. The molecule has 0 saturated heterocycles. The van der Waals surface area contributed by atoms with Crippen LogP contribution in [-0.2, 0) is 0 Å². The molecule has 8 heteroatoms. The summed E-state index contributed by atoms with van der Waals surface area (Å²) in [7, 11) is 5.63. The molecule has 8 nitrogen and oxygen atoms in total. The number of benzene rings is 2. The van der Waals surface area contributed by atoms with Gasteiger partial charge in [0, 0.05) is 5.56 Å². The molecule has 0 bridgehead atoms. The molecule has 0 spiro atoms. The molecule has 4 N–H and O–H groups in total. The maximum atomic E-state index is 10.6. The van der Waals surface area contributed by atoms with Crippen molar-refractivity contribution in [2.75, 3.05) is 28.4 Å². The Hall–Kier alpha value is -2.84. The average Bonchev–Trinajstić information content (AvgIpc) is 2.67. The van der Waals surface area contributed by atoms with Gasteiger partial charge in [0.05, 0.1) is 28.4 Å². The van der Waals surface area contributed by atoms with E-state index in [0.717, 1.165) is 0 Å². The van der Waals surface area contributed by atoms with Gasteiger partial charge in [-0.05, 0) is 29.8 Å². The normalized spacial score (nSPS) is 13.0. The maximum absolute atomic E-state index is 10.6. The Morgan fingerprint density at radius 3 is 1.69 bits per heavy atom. The van der Waals surface area contributed by atoms with Crippen molar-refractivity contribution in [2.45, 2.75) is 12.2 Å². The third-order valence-electron chi connectivity index (χ3n) is 4.01. The molecule has 142 valence electrons. The number of aromatic hydroxyl groups is 2. The van der Waals surface area contributed by atoms with Gasteiger partial charge in [-0.3, -0.25) is 0 Å². The molecule has 0 saturated carbocycles. The van der Waals surface area contributed by atoms with Crippen molar-refractivity contribution in [3.63, 3.8) is 0 Å². The number of aliphatic hydroxyl groups is 2. The van der Waals surface area contributed by atoms with Crippen molar-refractivity contribution in [3.05, 3.63) is 35.4 Å². The van der Waals surface area contributed by atoms with Gasteiger partial charge in [0.15, 0.2) is 23.0 Å². The van der Waals surface area contributed by atoms with E-state index >= 15 is 0 Å². The van der Waals surface area contributed by atoms with Gasteiger partial charge < -0.3 is 39.4 Å². The zero-order valence-electron chi connectivity index (χ0n) is 14.9. The smallest absolute Gasteiger partial charge is 0.203 e. The number of phenolic OH excluding ortho intramolecular Hbond substituents is 2. The Labute approximate surface area is 150 Å². The van der Waals surface area contributed by atoms with Crippen molar-refractivity contribution in [1.82, 2.24) is 0 Å². The minimum Gasteiger partial charge on any atom is -0.504 e. The number of hydrogen-bond donors (Lipinski definition) is 4. The van der Waals surface area contributed by atoms with Crippen molar-refractivity contribution in [1.29, 1.82) is 0 Å². The van der Waals surface area contributed by atoms with E-state index in [1.807, 2.05) is 0 Å². The summed E-state index contributed by atoms with van der Waals surface area (Å²) in [6.45, 7) is 0. The molecule has 0 aliphatic heterocycles. The molecule has 0 aliphatic rings. The monoisotopic (exact) mass is 366 g/mol. The SMILES string of the molecule is COc1ccc([C@H](O)[C@@H](O)c2cc(OC)c(OC)c(OC)c2)c(O)c1O. The van der Waals surface area contributed by atoms with E-state index in [-0.39, 0.29) is 16.9 Å². The summed E-state index contributed by atoms with van der Waals surface area (Å²) in [5, 5.41) is 41.0. The van der Waals surface area contributed by atoms with Crippen LogP contribution in [0.15, 0.2) is 24.3 Å². The van der Waals surface area contributed by atoms with Crippen molar-refractivity contribution in [2.24, 2.45) is 0 Å². The Bertz CT molecular complexity index is 749. The van der Waals surface area contributed by atoms with Crippen LogP contribution in [-0.4, -0.2) is 48.9 Å². The summed E-state index contributed by atoms with van der Waals surface area (Å²) < 4.78 is 20.6. The first-order valence-corrected chi connectivity index (χ1v) is 7.64. The number of ether oxygens (including phenoxy) is 4. The number of aliphatic hydroxyl groups excluding tert-OH is 2. The standard InChI is InChI=1S/C18H22O8/c1-23-11-6-5-10(16(21)17(11)22)15(20)14(19)9-7-12(24-2)18(26-4)13(8-9)25-3/h5-8,14-15,19-22H,1-4H3/t14-,15-/m0/s1. The second-order valence-electron chi connectivity index (χ2n) is 5.40. The summed E-state index contributed by atoms with van der Waals surface area (Å²) in [6, 6.07) is 5.68. The van der Waals surface area contributed by atoms with Crippen LogP contribution in [0.1, 0.15) is 23.3 Å². The molecule has 0 heterocycles. The lowest BCUT2D eigenvalue weighted by molar-refractivity contribution is 0.0154. The average molecular weight is 366 g/mol. The summed E-state index contributed by atoms with van der Waals surface area (Å²) in [4.78, 5) is 0. The van der Waals surface area contributed by atoms with Gasteiger partial charge in [-0.25, -0.2) is 0 Å². The first-order valence-electron chi connectivity index (χ1n) is 7.64. The lowest BCUT2D eigenvalue weighted by Gasteiger charge is -2.22. The molecule has 0 unspecified atom stereocenters. The van der Waals surface area contributed by atoms with Crippen LogP contribution in [0.5, 0.6) is 34.5 Å². The fourth-order valence-electron chi connectivity index (χ4n) is 2.60. The highest BCUT2D eigenvalue weighted by molar-refractivity contribution is 5.56. The minimum absolute atomic E-state index is 0.0423. The molecule has 2 atom stereocenters. The Morgan fingerprint density at radius 2 is 1.23 bits per heavy atom. The molecule has 2 rings (SSSR count). The highest BCUT2D eigenvalue weighted by Crippen LogP contribution is 2.45. The van der Waals surface area contributed by atoms with E-state index in [4.69, 9.17) is 18.9 Å². The molecular formula is C18H22O8.